The third-order valence-corrected chi connectivity index (χ3v) is 1.43. The smallest absolute Gasteiger partial charge is 0.241 e. The van der Waals surface area contributed by atoms with E-state index in [1.165, 1.54) is 6.92 Å². The van der Waals surface area contributed by atoms with Crippen LogP contribution in [0.1, 0.15) is 12.5 Å². The van der Waals surface area contributed by atoms with Crippen molar-refractivity contribution in [3.05, 3.63) is 29.8 Å². The number of aryl methyl sites for hydroxylation is 1. The molecule has 0 radical (unpaired) electrons. The van der Waals surface area contributed by atoms with Gasteiger partial charge < -0.3 is 15.5 Å². The maximum Gasteiger partial charge on any atom is 0.241 e. The molecule has 1 aromatic rings. The zero-order valence-electron chi connectivity index (χ0n) is 7.20. The topological polar surface area (TPSA) is 52.5 Å². The Morgan fingerprint density at radius 3 is 2.08 bits per heavy atom. The molecule has 1 aromatic carbocycles. The summed E-state index contributed by atoms with van der Waals surface area (Å²) in [5.41, 5.74) is 1.83. The van der Waals surface area contributed by atoms with Crippen LogP contribution in [0.25, 0.3) is 0 Å². The molecule has 1 rings (SSSR count). The molecule has 12 heavy (non-hydrogen) atoms. The van der Waals surface area contributed by atoms with Gasteiger partial charge in [-0.1, -0.05) is 17.7 Å². The molecule has 0 heterocycles. The van der Waals surface area contributed by atoms with Gasteiger partial charge in [-0.15, -0.1) is 0 Å². The highest BCUT2D eigenvalue weighted by Crippen LogP contribution is 2.11. The molecule has 0 aromatic heterocycles. The molecular formula is C9H13NO2. The summed E-state index contributed by atoms with van der Waals surface area (Å²) >= 11 is 0. The van der Waals surface area contributed by atoms with Crippen molar-refractivity contribution in [1.82, 2.24) is 0 Å². The summed E-state index contributed by atoms with van der Waals surface area (Å²) < 4.78 is 0. The Kier molecular flexibility index (Phi) is 2.35. The molecule has 0 saturated carbocycles. The fourth-order valence-electron chi connectivity index (χ4n) is 0.910. The Labute approximate surface area is 71.7 Å². The molecule has 0 aliphatic carbocycles. The van der Waals surface area contributed by atoms with Gasteiger partial charge in [0.15, 0.2) is 0 Å². The fraction of sp³-hybridized carbons (Fsp3) is 0.333. The number of rotatable bonds is 2. The molecule has 0 aliphatic heterocycles. The fourth-order valence-corrected chi connectivity index (χ4v) is 0.910. The molecule has 0 atom stereocenters. The lowest BCUT2D eigenvalue weighted by molar-refractivity contribution is -0.118. The Bertz CT molecular complexity index is 248. The summed E-state index contributed by atoms with van der Waals surface area (Å²) in [5, 5.41) is 20.5. The molecule has 66 valence electrons. The molecule has 0 bridgehead atoms. The van der Waals surface area contributed by atoms with Gasteiger partial charge in [0.2, 0.25) is 5.91 Å². The maximum absolute atomic E-state index is 8.98. The molecule has 0 spiro atoms. The van der Waals surface area contributed by atoms with Crippen LogP contribution < -0.4 is 5.32 Å². The van der Waals surface area contributed by atoms with Gasteiger partial charge >= 0.3 is 0 Å². The van der Waals surface area contributed by atoms with Crippen LogP contribution >= 0.6 is 0 Å². The van der Waals surface area contributed by atoms with E-state index in [1.807, 2.05) is 19.1 Å². The molecule has 3 N–H and O–H groups in total. The lowest BCUT2D eigenvalue weighted by Gasteiger charge is -2.18. The monoisotopic (exact) mass is 167 g/mol. The molecule has 0 amide bonds. The van der Waals surface area contributed by atoms with Crippen LogP contribution in [0.3, 0.4) is 0 Å². The zero-order valence-corrected chi connectivity index (χ0v) is 7.20. The molecule has 0 unspecified atom stereocenters. The van der Waals surface area contributed by atoms with Crippen LogP contribution in [0.15, 0.2) is 24.3 Å². The van der Waals surface area contributed by atoms with Gasteiger partial charge in [0.1, 0.15) is 0 Å². The molecule has 0 aliphatic rings. The van der Waals surface area contributed by atoms with E-state index in [1.54, 1.807) is 12.1 Å². The van der Waals surface area contributed by atoms with E-state index in [0.717, 1.165) is 5.56 Å². The third kappa shape index (κ3) is 2.90. The van der Waals surface area contributed by atoms with Gasteiger partial charge in [-0.3, -0.25) is 0 Å². The number of benzene rings is 1. The van der Waals surface area contributed by atoms with Gasteiger partial charge in [0.25, 0.3) is 0 Å². The Balaban J connectivity index is 2.71. The molecular weight excluding hydrogens is 154 g/mol. The van der Waals surface area contributed by atoms with E-state index in [2.05, 4.69) is 5.32 Å². The Morgan fingerprint density at radius 2 is 1.67 bits per heavy atom. The number of anilines is 1. The Hall–Kier alpha value is -1.06. The Morgan fingerprint density at radius 1 is 1.17 bits per heavy atom. The summed E-state index contributed by atoms with van der Waals surface area (Å²) in [6.45, 7) is 3.24. The van der Waals surface area contributed by atoms with E-state index in [9.17, 15) is 0 Å². The van der Waals surface area contributed by atoms with Gasteiger partial charge in [-0.25, -0.2) is 0 Å². The van der Waals surface area contributed by atoms with Gasteiger partial charge in [-0.05, 0) is 19.1 Å². The lowest BCUT2D eigenvalue weighted by Crippen LogP contribution is -2.33. The minimum Gasteiger partial charge on any atom is -0.349 e. The van der Waals surface area contributed by atoms with E-state index in [4.69, 9.17) is 10.2 Å². The van der Waals surface area contributed by atoms with Crippen LogP contribution in [-0.4, -0.2) is 16.1 Å². The highest BCUT2D eigenvalue weighted by molar-refractivity contribution is 5.45. The van der Waals surface area contributed by atoms with Crippen LogP contribution in [0.4, 0.5) is 5.69 Å². The molecule has 3 nitrogen and oxygen atoms in total. The number of nitrogens with one attached hydrogen (secondary N) is 1. The zero-order chi connectivity index (χ0) is 9.19. The first-order chi connectivity index (χ1) is 5.47. The normalized spacial score (nSPS) is 11.3. The van der Waals surface area contributed by atoms with E-state index >= 15 is 0 Å². The van der Waals surface area contributed by atoms with Crippen molar-refractivity contribution in [3.8, 4) is 0 Å². The first kappa shape index (κ1) is 9.03. The molecule has 0 saturated heterocycles. The van der Waals surface area contributed by atoms with Gasteiger partial charge in [0, 0.05) is 12.6 Å². The number of aliphatic hydroxyl groups is 2. The van der Waals surface area contributed by atoms with Crippen molar-refractivity contribution in [2.75, 3.05) is 5.32 Å². The minimum atomic E-state index is -1.85. The van der Waals surface area contributed by atoms with Crippen LogP contribution in [0.5, 0.6) is 0 Å². The van der Waals surface area contributed by atoms with Crippen molar-refractivity contribution in [2.24, 2.45) is 0 Å². The first-order valence-corrected chi connectivity index (χ1v) is 3.77. The number of hydrogen-bond acceptors (Lipinski definition) is 3. The average Bonchev–Trinajstić information content (AvgIpc) is 1.91. The summed E-state index contributed by atoms with van der Waals surface area (Å²) in [4.78, 5) is 0. The van der Waals surface area contributed by atoms with Gasteiger partial charge in [-0.2, -0.15) is 0 Å². The maximum atomic E-state index is 8.98. The highest BCUT2D eigenvalue weighted by Gasteiger charge is 2.12. The summed E-state index contributed by atoms with van der Waals surface area (Å²) in [7, 11) is 0. The van der Waals surface area contributed by atoms with Crippen molar-refractivity contribution in [2.45, 2.75) is 19.8 Å². The lowest BCUT2D eigenvalue weighted by atomic mass is 10.2. The van der Waals surface area contributed by atoms with Crippen molar-refractivity contribution < 1.29 is 10.2 Å². The standard InChI is InChI=1S/C9H13NO2/c1-7-3-5-8(6-4-7)10-9(2,11)12/h3-6,10-12H,1-2H3. The molecule has 0 fully saturated rings. The predicted octanol–water partition coefficient (Wildman–Crippen LogP) is 1.07. The van der Waals surface area contributed by atoms with Gasteiger partial charge in [0.05, 0.1) is 0 Å². The van der Waals surface area contributed by atoms with Crippen LogP contribution in [0.2, 0.25) is 0 Å². The third-order valence-electron chi connectivity index (χ3n) is 1.43. The van der Waals surface area contributed by atoms with E-state index in [-0.39, 0.29) is 0 Å². The van der Waals surface area contributed by atoms with Crippen LogP contribution in [-0.2, 0) is 0 Å². The van der Waals surface area contributed by atoms with Crippen molar-refractivity contribution in [1.29, 1.82) is 0 Å². The second-order valence-corrected chi connectivity index (χ2v) is 3.01. The van der Waals surface area contributed by atoms with Crippen molar-refractivity contribution in [3.63, 3.8) is 0 Å². The quantitative estimate of drug-likeness (QED) is 0.577. The number of hydrogen-bond donors (Lipinski definition) is 3. The first-order valence-electron chi connectivity index (χ1n) is 3.77. The molecule has 3 heteroatoms. The largest absolute Gasteiger partial charge is 0.349 e. The second-order valence-electron chi connectivity index (χ2n) is 3.01. The highest BCUT2D eigenvalue weighted by atomic mass is 16.5. The van der Waals surface area contributed by atoms with E-state index in [0.29, 0.717) is 5.69 Å². The summed E-state index contributed by atoms with van der Waals surface area (Å²) in [6.07, 6.45) is 0. The second kappa shape index (κ2) is 3.13. The minimum absolute atomic E-state index is 0.688. The van der Waals surface area contributed by atoms with Crippen LogP contribution in [0, 0.1) is 6.92 Å². The average molecular weight is 167 g/mol. The van der Waals surface area contributed by atoms with Crippen molar-refractivity contribution >= 4 is 5.69 Å². The van der Waals surface area contributed by atoms with E-state index < -0.39 is 5.91 Å². The predicted molar refractivity (Wildman–Crippen MR) is 47.6 cm³/mol. The summed E-state index contributed by atoms with van der Waals surface area (Å²) in [6, 6.07) is 7.38. The SMILES string of the molecule is Cc1ccc(NC(C)(O)O)cc1. The summed E-state index contributed by atoms with van der Waals surface area (Å²) in [5.74, 6) is -1.85.